The zero-order chi connectivity index (χ0) is 14.5. The highest BCUT2D eigenvalue weighted by molar-refractivity contribution is 5.39. The topological polar surface area (TPSA) is 45.0 Å². The van der Waals surface area contributed by atoms with Crippen molar-refractivity contribution in [3.8, 4) is 11.8 Å². The maximum absolute atomic E-state index is 8.81. The standard InChI is InChI=1S/C16H24N2O/c1-6-19-15-8-7-14(9-12(15)2)16(4,5)11-18-13(3)10-17/h7-9,13,18H,6,11H2,1-5H3. The fourth-order valence-corrected chi connectivity index (χ4v) is 1.94. The van der Waals surface area contributed by atoms with Crippen molar-refractivity contribution in [1.82, 2.24) is 5.32 Å². The largest absolute Gasteiger partial charge is 0.494 e. The van der Waals surface area contributed by atoms with E-state index in [1.165, 1.54) is 5.56 Å². The van der Waals surface area contributed by atoms with Gasteiger partial charge in [-0.3, -0.25) is 0 Å². The summed E-state index contributed by atoms with van der Waals surface area (Å²) in [6.07, 6.45) is 0. The molecule has 0 saturated carbocycles. The van der Waals surface area contributed by atoms with E-state index < -0.39 is 0 Å². The number of aryl methyl sites for hydroxylation is 1. The van der Waals surface area contributed by atoms with E-state index in [-0.39, 0.29) is 11.5 Å². The van der Waals surface area contributed by atoms with E-state index >= 15 is 0 Å². The highest BCUT2D eigenvalue weighted by Crippen LogP contribution is 2.27. The van der Waals surface area contributed by atoms with Gasteiger partial charge in [0, 0.05) is 12.0 Å². The number of benzene rings is 1. The zero-order valence-electron chi connectivity index (χ0n) is 12.6. The molecule has 0 aliphatic heterocycles. The van der Waals surface area contributed by atoms with Gasteiger partial charge < -0.3 is 10.1 Å². The molecule has 0 saturated heterocycles. The van der Waals surface area contributed by atoms with Crippen LogP contribution in [0, 0.1) is 18.3 Å². The molecule has 1 atom stereocenters. The van der Waals surface area contributed by atoms with Gasteiger partial charge in [-0.05, 0) is 38.0 Å². The van der Waals surface area contributed by atoms with Crippen LogP contribution in [0.3, 0.4) is 0 Å². The lowest BCUT2D eigenvalue weighted by atomic mass is 9.83. The third-order valence-electron chi connectivity index (χ3n) is 3.30. The Morgan fingerprint density at radius 3 is 2.63 bits per heavy atom. The van der Waals surface area contributed by atoms with Crippen molar-refractivity contribution in [3.05, 3.63) is 29.3 Å². The number of hydrogen-bond donors (Lipinski definition) is 1. The van der Waals surface area contributed by atoms with E-state index in [4.69, 9.17) is 10.00 Å². The molecule has 3 nitrogen and oxygen atoms in total. The number of ether oxygens (including phenoxy) is 1. The van der Waals surface area contributed by atoms with E-state index in [0.29, 0.717) is 6.61 Å². The van der Waals surface area contributed by atoms with Crippen molar-refractivity contribution < 1.29 is 4.74 Å². The molecule has 0 heterocycles. The molecule has 0 radical (unpaired) electrons. The first kappa shape index (κ1) is 15.5. The van der Waals surface area contributed by atoms with Crippen LogP contribution in [-0.4, -0.2) is 19.2 Å². The lowest BCUT2D eigenvalue weighted by Crippen LogP contribution is -2.37. The lowest BCUT2D eigenvalue weighted by Gasteiger charge is -2.27. The summed E-state index contributed by atoms with van der Waals surface area (Å²) in [5.41, 5.74) is 2.40. The van der Waals surface area contributed by atoms with E-state index in [1.807, 2.05) is 19.9 Å². The Morgan fingerprint density at radius 2 is 2.11 bits per heavy atom. The summed E-state index contributed by atoms with van der Waals surface area (Å²) in [5, 5.41) is 12.1. The molecule has 104 valence electrons. The van der Waals surface area contributed by atoms with Crippen LogP contribution in [0.2, 0.25) is 0 Å². The third kappa shape index (κ3) is 4.25. The number of rotatable bonds is 6. The Morgan fingerprint density at radius 1 is 1.42 bits per heavy atom. The van der Waals surface area contributed by atoms with Crippen LogP contribution in [0.1, 0.15) is 38.8 Å². The van der Waals surface area contributed by atoms with Crippen molar-refractivity contribution in [1.29, 1.82) is 5.26 Å². The molecular formula is C16H24N2O. The minimum atomic E-state index is -0.122. The normalized spacial score (nSPS) is 12.8. The van der Waals surface area contributed by atoms with Gasteiger partial charge in [0.2, 0.25) is 0 Å². The molecule has 0 aromatic heterocycles. The smallest absolute Gasteiger partial charge is 0.122 e. The van der Waals surface area contributed by atoms with E-state index in [2.05, 4.69) is 44.3 Å². The molecule has 0 spiro atoms. The quantitative estimate of drug-likeness (QED) is 0.854. The summed E-state index contributed by atoms with van der Waals surface area (Å²) in [4.78, 5) is 0. The number of nitriles is 1. The van der Waals surface area contributed by atoms with Gasteiger partial charge in [0.25, 0.3) is 0 Å². The molecular weight excluding hydrogens is 236 g/mol. The zero-order valence-corrected chi connectivity index (χ0v) is 12.6. The van der Waals surface area contributed by atoms with Crippen LogP contribution in [0.5, 0.6) is 5.75 Å². The summed E-state index contributed by atoms with van der Waals surface area (Å²) in [6.45, 7) is 11.7. The summed E-state index contributed by atoms with van der Waals surface area (Å²) >= 11 is 0. The molecule has 0 aliphatic rings. The fraction of sp³-hybridized carbons (Fsp3) is 0.562. The maximum atomic E-state index is 8.81. The molecule has 1 unspecified atom stereocenters. The first-order valence-electron chi connectivity index (χ1n) is 6.77. The molecule has 1 aromatic carbocycles. The molecule has 0 amide bonds. The Hall–Kier alpha value is -1.53. The van der Waals surface area contributed by atoms with Gasteiger partial charge >= 0.3 is 0 Å². The van der Waals surface area contributed by atoms with Gasteiger partial charge in [-0.15, -0.1) is 0 Å². The highest BCUT2D eigenvalue weighted by atomic mass is 16.5. The van der Waals surface area contributed by atoms with Crippen molar-refractivity contribution in [3.63, 3.8) is 0 Å². The second kappa shape index (κ2) is 6.58. The molecule has 19 heavy (non-hydrogen) atoms. The van der Waals surface area contributed by atoms with Crippen LogP contribution in [0.4, 0.5) is 0 Å². The molecule has 1 aromatic rings. The monoisotopic (exact) mass is 260 g/mol. The molecule has 1 N–H and O–H groups in total. The van der Waals surface area contributed by atoms with Crippen LogP contribution in [-0.2, 0) is 5.41 Å². The Balaban J connectivity index is 2.84. The average Bonchev–Trinajstić information content (AvgIpc) is 2.38. The predicted molar refractivity (Wildman–Crippen MR) is 78.5 cm³/mol. The number of hydrogen-bond acceptors (Lipinski definition) is 3. The first-order chi connectivity index (χ1) is 8.90. The molecule has 0 bridgehead atoms. The molecule has 0 aliphatic carbocycles. The second-order valence-electron chi connectivity index (χ2n) is 5.53. The van der Waals surface area contributed by atoms with Crippen molar-refractivity contribution in [2.45, 2.75) is 46.1 Å². The third-order valence-corrected chi connectivity index (χ3v) is 3.30. The predicted octanol–water partition coefficient (Wildman–Crippen LogP) is 3.17. The van der Waals surface area contributed by atoms with Gasteiger partial charge in [-0.2, -0.15) is 5.26 Å². The van der Waals surface area contributed by atoms with Crippen LogP contribution >= 0.6 is 0 Å². The SMILES string of the molecule is CCOc1ccc(C(C)(C)CNC(C)C#N)cc1C. The minimum absolute atomic E-state index is 0.0133. The summed E-state index contributed by atoms with van der Waals surface area (Å²) in [5.74, 6) is 0.945. The Labute approximate surface area is 116 Å². The molecule has 1 rings (SSSR count). The van der Waals surface area contributed by atoms with Gasteiger partial charge in [-0.25, -0.2) is 0 Å². The maximum Gasteiger partial charge on any atom is 0.122 e. The van der Waals surface area contributed by atoms with Gasteiger partial charge in [0.15, 0.2) is 0 Å². The van der Waals surface area contributed by atoms with Gasteiger partial charge in [0.05, 0.1) is 18.7 Å². The van der Waals surface area contributed by atoms with Gasteiger partial charge in [0.1, 0.15) is 5.75 Å². The Kier molecular flexibility index (Phi) is 5.38. The van der Waals surface area contributed by atoms with Crippen LogP contribution in [0.15, 0.2) is 18.2 Å². The number of nitrogens with zero attached hydrogens (tertiary/aromatic N) is 1. The lowest BCUT2D eigenvalue weighted by molar-refractivity contribution is 0.337. The Bertz CT molecular complexity index is 460. The van der Waals surface area contributed by atoms with Gasteiger partial charge in [-0.1, -0.05) is 26.0 Å². The van der Waals surface area contributed by atoms with Crippen LogP contribution in [0.25, 0.3) is 0 Å². The minimum Gasteiger partial charge on any atom is -0.494 e. The van der Waals surface area contributed by atoms with E-state index in [0.717, 1.165) is 17.9 Å². The van der Waals surface area contributed by atoms with Crippen LogP contribution < -0.4 is 10.1 Å². The van der Waals surface area contributed by atoms with E-state index in [9.17, 15) is 0 Å². The van der Waals surface area contributed by atoms with Crippen molar-refractivity contribution in [2.75, 3.05) is 13.2 Å². The fourth-order valence-electron chi connectivity index (χ4n) is 1.94. The molecule has 0 fully saturated rings. The number of nitrogens with one attached hydrogen (secondary N) is 1. The summed E-state index contributed by atoms with van der Waals surface area (Å²) < 4.78 is 5.56. The average molecular weight is 260 g/mol. The van der Waals surface area contributed by atoms with Crippen molar-refractivity contribution >= 4 is 0 Å². The summed E-state index contributed by atoms with van der Waals surface area (Å²) in [6, 6.07) is 8.38. The highest BCUT2D eigenvalue weighted by Gasteiger charge is 2.21. The summed E-state index contributed by atoms with van der Waals surface area (Å²) in [7, 11) is 0. The first-order valence-corrected chi connectivity index (χ1v) is 6.77. The van der Waals surface area contributed by atoms with E-state index in [1.54, 1.807) is 0 Å². The van der Waals surface area contributed by atoms with Crippen molar-refractivity contribution in [2.24, 2.45) is 0 Å². The second-order valence-corrected chi connectivity index (χ2v) is 5.53. The molecule has 3 heteroatoms.